The van der Waals surface area contributed by atoms with Crippen LogP contribution in [0.4, 0.5) is 5.82 Å². The summed E-state index contributed by atoms with van der Waals surface area (Å²) >= 11 is 0. The average Bonchev–Trinajstić information content (AvgIpc) is 2.86. The number of hydrogen-bond donors (Lipinski definition) is 3. The molecular formula is C14H18N6. The van der Waals surface area contributed by atoms with Gasteiger partial charge in [0, 0.05) is 36.3 Å². The number of fused-ring (bicyclic) bond motifs is 1. The molecule has 1 saturated heterocycles. The van der Waals surface area contributed by atoms with Gasteiger partial charge < -0.3 is 10.6 Å². The number of nitrogens with zero attached hydrogens (tertiary/aromatic N) is 3. The first-order valence-corrected chi connectivity index (χ1v) is 7.21. The van der Waals surface area contributed by atoms with Crippen LogP contribution in [-0.2, 0) is 6.42 Å². The van der Waals surface area contributed by atoms with Gasteiger partial charge in [-0.1, -0.05) is 0 Å². The molecule has 4 rings (SSSR count). The van der Waals surface area contributed by atoms with Crippen LogP contribution in [-0.4, -0.2) is 33.3 Å². The summed E-state index contributed by atoms with van der Waals surface area (Å²) in [6.45, 7) is 2.04. The van der Waals surface area contributed by atoms with Gasteiger partial charge in [0.05, 0.1) is 17.9 Å². The Morgan fingerprint density at radius 3 is 3.05 bits per heavy atom. The van der Waals surface area contributed by atoms with E-state index in [1.807, 2.05) is 6.20 Å². The van der Waals surface area contributed by atoms with E-state index in [1.54, 1.807) is 6.33 Å². The monoisotopic (exact) mass is 270 g/mol. The Labute approximate surface area is 117 Å². The van der Waals surface area contributed by atoms with Crippen molar-refractivity contribution in [2.45, 2.75) is 31.2 Å². The van der Waals surface area contributed by atoms with E-state index in [9.17, 15) is 0 Å². The number of rotatable bonds is 3. The van der Waals surface area contributed by atoms with Gasteiger partial charge in [0.25, 0.3) is 0 Å². The van der Waals surface area contributed by atoms with Gasteiger partial charge in [0.2, 0.25) is 0 Å². The number of anilines is 1. The Morgan fingerprint density at radius 1 is 1.25 bits per heavy atom. The van der Waals surface area contributed by atoms with Gasteiger partial charge in [0.1, 0.15) is 12.1 Å². The van der Waals surface area contributed by atoms with Crippen LogP contribution in [0.5, 0.6) is 0 Å². The minimum Gasteiger partial charge on any atom is -0.363 e. The molecule has 1 atom stereocenters. The molecule has 0 amide bonds. The highest BCUT2D eigenvalue weighted by molar-refractivity contribution is 5.41. The zero-order valence-electron chi connectivity index (χ0n) is 11.3. The SMILES string of the molecule is c1nc(NC2CCCc3[nH]ncc32)cc(C2CNC2)n1. The molecule has 6 heteroatoms. The average molecular weight is 270 g/mol. The normalized spacial score (nSPS) is 22.1. The Morgan fingerprint density at radius 2 is 2.20 bits per heavy atom. The fourth-order valence-electron chi connectivity index (χ4n) is 2.96. The third kappa shape index (κ3) is 2.06. The molecular weight excluding hydrogens is 252 g/mol. The number of aromatic amines is 1. The van der Waals surface area contributed by atoms with Crippen LogP contribution in [0.2, 0.25) is 0 Å². The molecule has 0 radical (unpaired) electrons. The van der Waals surface area contributed by atoms with Gasteiger partial charge in [-0.15, -0.1) is 0 Å². The van der Waals surface area contributed by atoms with Crippen LogP contribution in [0.15, 0.2) is 18.6 Å². The smallest absolute Gasteiger partial charge is 0.130 e. The van der Waals surface area contributed by atoms with Gasteiger partial charge in [-0.25, -0.2) is 9.97 Å². The molecule has 1 fully saturated rings. The largest absolute Gasteiger partial charge is 0.363 e. The lowest BCUT2D eigenvalue weighted by molar-refractivity contribution is 0.439. The minimum absolute atomic E-state index is 0.305. The molecule has 1 unspecified atom stereocenters. The number of aryl methyl sites for hydroxylation is 1. The summed E-state index contributed by atoms with van der Waals surface area (Å²) < 4.78 is 0. The molecule has 0 bridgehead atoms. The summed E-state index contributed by atoms with van der Waals surface area (Å²) in [5.74, 6) is 1.45. The summed E-state index contributed by atoms with van der Waals surface area (Å²) in [6.07, 6.45) is 6.99. The van der Waals surface area contributed by atoms with Gasteiger partial charge >= 0.3 is 0 Å². The van der Waals surface area contributed by atoms with Crippen LogP contribution < -0.4 is 10.6 Å². The highest BCUT2D eigenvalue weighted by Crippen LogP contribution is 2.31. The molecule has 3 heterocycles. The molecule has 1 aliphatic carbocycles. The number of hydrogen-bond acceptors (Lipinski definition) is 5. The van der Waals surface area contributed by atoms with Crippen molar-refractivity contribution in [3.05, 3.63) is 35.5 Å². The number of aromatic nitrogens is 4. The molecule has 20 heavy (non-hydrogen) atoms. The van der Waals surface area contributed by atoms with Crippen molar-refractivity contribution in [2.24, 2.45) is 0 Å². The van der Waals surface area contributed by atoms with Crippen LogP contribution in [0.1, 0.15) is 41.8 Å². The van der Waals surface area contributed by atoms with Crippen molar-refractivity contribution >= 4 is 5.82 Å². The first kappa shape index (κ1) is 11.8. The van der Waals surface area contributed by atoms with Crippen molar-refractivity contribution in [1.29, 1.82) is 0 Å². The second kappa shape index (κ2) is 4.86. The van der Waals surface area contributed by atoms with Crippen molar-refractivity contribution < 1.29 is 0 Å². The quantitative estimate of drug-likeness (QED) is 0.785. The van der Waals surface area contributed by atoms with Gasteiger partial charge in [0.15, 0.2) is 0 Å². The minimum atomic E-state index is 0.305. The lowest BCUT2D eigenvalue weighted by Gasteiger charge is -2.27. The maximum Gasteiger partial charge on any atom is 0.130 e. The molecule has 104 valence electrons. The Kier molecular flexibility index (Phi) is 2.88. The van der Waals surface area contributed by atoms with Crippen LogP contribution in [0.25, 0.3) is 0 Å². The Balaban J connectivity index is 1.55. The molecule has 2 aromatic rings. The van der Waals surface area contributed by atoms with Crippen molar-refractivity contribution in [2.75, 3.05) is 18.4 Å². The summed E-state index contributed by atoms with van der Waals surface area (Å²) in [5, 5.41) is 14.1. The first-order chi connectivity index (χ1) is 9.90. The molecule has 0 saturated carbocycles. The fraction of sp³-hybridized carbons (Fsp3) is 0.500. The molecule has 6 nitrogen and oxygen atoms in total. The summed E-state index contributed by atoms with van der Waals surface area (Å²) in [5.41, 5.74) is 3.66. The van der Waals surface area contributed by atoms with E-state index in [2.05, 4.69) is 36.9 Å². The lowest BCUT2D eigenvalue weighted by atomic mass is 9.93. The molecule has 1 aliphatic heterocycles. The number of nitrogens with one attached hydrogen (secondary N) is 3. The standard InChI is InChI=1S/C14H18N6/c1-2-11(10-7-18-20-12(10)3-1)19-14-4-13(16-8-17-14)9-5-15-6-9/h4,7-9,11,15H,1-3,5-6H2,(H,18,20)(H,16,17,19). The topological polar surface area (TPSA) is 78.5 Å². The second-order valence-electron chi connectivity index (χ2n) is 5.58. The zero-order chi connectivity index (χ0) is 13.4. The number of H-pyrrole nitrogens is 1. The predicted octanol–water partition coefficient (Wildman–Crippen LogP) is 1.38. The maximum atomic E-state index is 4.38. The molecule has 0 spiro atoms. The zero-order valence-corrected chi connectivity index (χ0v) is 11.3. The summed E-state index contributed by atoms with van der Waals surface area (Å²) in [7, 11) is 0. The highest BCUT2D eigenvalue weighted by Gasteiger charge is 2.24. The highest BCUT2D eigenvalue weighted by atomic mass is 15.1. The van der Waals surface area contributed by atoms with Crippen LogP contribution >= 0.6 is 0 Å². The fourth-order valence-corrected chi connectivity index (χ4v) is 2.96. The van der Waals surface area contributed by atoms with Crippen molar-refractivity contribution in [1.82, 2.24) is 25.5 Å². The van der Waals surface area contributed by atoms with E-state index in [0.717, 1.165) is 37.4 Å². The van der Waals surface area contributed by atoms with Crippen LogP contribution in [0.3, 0.4) is 0 Å². The van der Waals surface area contributed by atoms with E-state index in [-0.39, 0.29) is 0 Å². The third-order valence-corrected chi connectivity index (χ3v) is 4.26. The molecule has 3 N–H and O–H groups in total. The van der Waals surface area contributed by atoms with Crippen LogP contribution in [0, 0.1) is 0 Å². The molecule has 2 aliphatic rings. The Bertz CT molecular complexity index is 603. The Hall–Kier alpha value is -1.95. The van der Waals surface area contributed by atoms with E-state index in [4.69, 9.17) is 0 Å². The van der Waals surface area contributed by atoms with Gasteiger partial charge in [-0.05, 0) is 19.3 Å². The summed E-state index contributed by atoms with van der Waals surface area (Å²) in [6, 6.07) is 2.39. The van der Waals surface area contributed by atoms with E-state index >= 15 is 0 Å². The first-order valence-electron chi connectivity index (χ1n) is 7.21. The van der Waals surface area contributed by atoms with Gasteiger partial charge in [-0.3, -0.25) is 5.10 Å². The van der Waals surface area contributed by atoms with Gasteiger partial charge in [-0.2, -0.15) is 5.10 Å². The molecule has 0 aromatic carbocycles. The van der Waals surface area contributed by atoms with Crippen molar-refractivity contribution in [3.8, 4) is 0 Å². The third-order valence-electron chi connectivity index (χ3n) is 4.26. The van der Waals surface area contributed by atoms with E-state index in [0.29, 0.717) is 12.0 Å². The second-order valence-corrected chi connectivity index (χ2v) is 5.58. The van der Waals surface area contributed by atoms with E-state index in [1.165, 1.54) is 17.7 Å². The molecule has 2 aromatic heterocycles. The van der Waals surface area contributed by atoms with Crippen molar-refractivity contribution in [3.63, 3.8) is 0 Å². The maximum absolute atomic E-state index is 4.38. The van der Waals surface area contributed by atoms with E-state index < -0.39 is 0 Å². The predicted molar refractivity (Wildman–Crippen MR) is 75.5 cm³/mol. The summed E-state index contributed by atoms with van der Waals surface area (Å²) in [4.78, 5) is 8.74. The lowest BCUT2D eigenvalue weighted by Crippen LogP contribution is -2.40.